The van der Waals surface area contributed by atoms with Gasteiger partial charge in [0.25, 0.3) is 5.91 Å². The molecule has 0 bridgehead atoms. The summed E-state index contributed by atoms with van der Waals surface area (Å²) in [4.78, 5) is 14.8. The maximum Gasteiger partial charge on any atom is 0.253 e. The van der Waals surface area contributed by atoms with Crippen LogP contribution >= 0.6 is 11.6 Å². The van der Waals surface area contributed by atoms with Crippen LogP contribution in [0.4, 0.5) is 0 Å². The minimum Gasteiger partial charge on any atom is -0.336 e. The van der Waals surface area contributed by atoms with Gasteiger partial charge in [-0.2, -0.15) is 8.61 Å². The first kappa shape index (κ1) is 23.2. The van der Waals surface area contributed by atoms with Crippen LogP contribution in [0.25, 0.3) is 0 Å². The molecule has 0 atom stereocenters. The van der Waals surface area contributed by atoms with Crippen molar-refractivity contribution < 1.29 is 21.6 Å². The first-order valence-corrected chi connectivity index (χ1v) is 13.6. The normalized spacial score (nSPS) is 18.7. The molecule has 2 heterocycles. The van der Waals surface area contributed by atoms with Crippen molar-refractivity contribution in [1.82, 2.24) is 13.5 Å². The van der Waals surface area contributed by atoms with Crippen molar-refractivity contribution in [3.05, 3.63) is 59.1 Å². The smallest absolute Gasteiger partial charge is 0.253 e. The Labute approximate surface area is 193 Å². The molecule has 172 valence electrons. The summed E-state index contributed by atoms with van der Waals surface area (Å²) in [6.45, 7) is 1.69. The van der Waals surface area contributed by atoms with E-state index < -0.39 is 20.0 Å². The van der Waals surface area contributed by atoms with E-state index in [1.165, 1.54) is 32.9 Å². The molecular formula is C21H24ClN3O5S2. The third-order valence-corrected chi connectivity index (χ3v) is 9.77. The third-order valence-electron chi connectivity index (χ3n) is 5.74. The van der Waals surface area contributed by atoms with Crippen molar-refractivity contribution in [3.63, 3.8) is 0 Å². The molecule has 0 saturated carbocycles. The van der Waals surface area contributed by atoms with E-state index in [0.717, 1.165) is 12.8 Å². The van der Waals surface area contributed by atoms with Crippen LogP contribution in [0.2, 0.25) is 5.02 Å². The minimum absolute atomic E-state index is 0.104. The number of rotatable bonds is 5. The highest BCUT2D eigenvalue weighted by molar-refractivity contribution is 7.89. The zero-order valence-electron chi connectivity index (χ0n) is 17.4. The molecule has 2 aromatic carbocycles. The summed E-state index contributed by atoms with van der Waals surface area (Å²) in [5.74, 6) is -0.316. The van der Waals surface area contributed by atoms with Gasteiger partial charge < -0.3 is 4.90 Å². The topological polar surface area (TPSA) is 95.1 Å². The maximum absolute atomic E-state index is 13.0. The van der Waals surface area contributed by atoms with Crippen LogP contribution in [0.15, 0.2) is 58.3 Å². The zero-order valence-corrected chi connectivity index (χ0v) is 19.7. The van der Waals surface area contributed by atoms with Gasteiger partial charge in [0.15, 0.2) is 0 Å². The molecule has 1 amide bonds. The van der Waals surface area contributed by atoms with Gasteiger partial charge in [-0.3, -0.25) is 4.79 Å². The number of piperazine rings is 1. The lowest BCUT2D eigenvalue weighted by Crippen LogP contribution is -2.50. The molecule has 8 nitrogen and oxygen atoms in total. The van der Waals surface area contributed by atoms with Crippen LogP contribution in [0.5, 0.6) is 0 Å². The van der Waals surface area contributed by atoms with Gasteiger partial charge in [-0.1, -0.05) is 23.7 Å². The van der Waals surface area contributed by atoms with E-state index in [-0.39, 0.29) is 47.4 Å². The van der Waals surface area contributed by atoms with Gasteiger partial charge in [-0.25, -0.2) is 16.8 Å². The molecule has 0 N–H and O–H groups in total. The Morgan fingerprint density at radius 3 is 1.84 bits per heavy atom. The molecule has 0 unspecified atom stereocenters. The second kappa shape index (κ2) is 9.11. The highest BCUT2D eigenvalue weighted by atomic mass is 35.5. The zero-order chi connectivity index (χ0) is 22.9. The van der Waals surface area contributed by atoms with Crippen molar-refractivity contribution in [2.24, 2.45) is 0 Å². The quantitative estimate of drug-likeness (QED) is 0.631. The molecule has 2 aliphatic heterocycles. The van der Waals surface area contributed by atoms with Gasteiger partial charge in [-0.05, 0) is 49.2 Å². The Balaban J connectivity index is 1.46. The number of amides is 1. The van der Waals surface area contributed by atoms with Crippen LogP contribution < -0.4 is 0 Å². The number of nitrogens with zero attached hydrogens (tertiary/aromatic N) is 3. The lowest BCUT2D eigenvalue weighted by Gasteiger charge is -2.34. The van der Waals surface area contributed by atoms with E-state index in [0.29, 0.717) is 18.1 Å². The predicted octanol–water partition coefficient (Wildman–Crippen LogP) is 2.27. The van der Waals surface area contributed by atoms with E-state index in [9.17, 15) is 21.6 Å². The highest BCUT2D eigenvalue weighted by Gasteiger charge is 2.32. The average Bonchev–Trinajstić information content (AvgIpc) is 3.35. The van der Waals surface area contributed by atoms with Crippen molar-refractivity contribution in [3.8, 4) is 0 Å². The fraction of sp³-hybridized carbons (Fsp3) is 0.381. The number of carbonyl (C=O) groups is 1. The van der Waals surface area contributed by atoms with E-state index in [1.54, 1.807) is 29.2 Å². The number of benzene rings is 2. The molecule has 0 aromatic heterocycles. The van der Waals surface area contributed by atoms with Gasteiger partial charge in [-0.15, -0.1) is 0 Å². The van der Waals surface area contributed by atoms with Crippen LogP contribution in [-0.2, 0) is 20.0 Å². The molecule has 32 heavy (non-hydrogen) atoms. The molecule has 0 radical (unpaired) electrons. The number of hydrogen-bond acceptors (Lipinski definition) is 5. The predicted molar refractivity (Wildman–Crippen MR) is 121 cm³/mol. The summed E-state index contributed by atoms with van der Waals surface area (Å²) in [5, 5.41) is 0.337. The maximum atomic E-state index is 13.0. The molecule has 0 aliphatic carbocycles. The van der Waals surface area contributed by atoms with E-state index in [1.807, 2.05) is 0 Å². The lowest BCUT2D eigenvalue weighted by molar-refractivity contribution is 0.0697. The van der Waals surface area contributed by atoms with Crippen LogP contribution in [0.3, 0.4) is 0 Å². The second-order valence-electron chi connectivity index (χ2n) is 7.79. The molecule has 2 fully saturated rings. The fourth-order valence-corrected chi connectivity index (χ4v) is 7.24. The van der Waals surface area contributed by atoms with E-state index >= 15 is 0 Å². The second-order valence-corrected chi connectivity index (χ2v) is 12.1. The molecule has 2 aromatic rings. The van der Waals surface area contributed by atoms with Crippen LogP contribution in [0, 0.1) is 0 Å². The van der Waals surface area contributed by atoms with Gasteiger partial charge in [0.1, 0.15) is 0 Å². The SMILES string of the molecule is O=C(c1cccc(S(=O)(=O)N2CCCC2)c1)N1CCN(S(=O)(=O)c2cccc(Cl)c2)CC1. The Morgan fingerprint density at radius 1 is 0.719 bits per heavy atom. The Bertz CT molecular complexity index is 1220. The van der Waals surface area contributed by atoms with Crippen LogP contribution in [0.1, 0.15) is 23.2 Å². The molecule has 2 saturated heterocycles. The van der Waals surface area contributed by atoms with Gasteiger partial charge in [0.05, 0.1) is 9.79 Å². The highest BCUT2D eigenvalue weighted by Crippen LogP contribution is 2.24. The Hall–Kier alpha value is -1.98. The number of halogens is 1. The molecule has 11 heteroatoms. The summed E-state index contributed by atoms with van der Waals surface area (Å²) >= 11 is 5.93. The minimum atomic E-state index is -3.71. The average molecular weight is 498 g/mol. The monoisotopic (exact) mass is 497 g/mol. The number of hydrogen-bond donors (Lipinski definition) is 0. The standard InChI is InChI=1S/C21H24ClN3O5S2/c22-18-6-4-8-20(16-18)32(29,30)25-13-11-23(12-14-25)21(26)17-5-3-7-19(15-17)31(27,28)24-9-1-2-10-24/h3-8,15-16H,1-2,9-14H2. The summed E-state index contributed by atoms with van der Waals surface area (Å²) in [5.41, 5.74) is 0.274. The van der Waals surface area contributed by atoms with Gasteiger partial charge in [0, 0.05) is 49.9 Å². The van der Waals surface area contributed by atoms with Gasteiger partial charge >= 0.3 is 0 Å². The first-order valence-electron chi connectivity index (χ1n) is 10.3. The first-order chi connectivity index (χ1) is 15.2. The molecule has 0 spiro atoms. The molecule has 4 rings (SSSR count). The van der Waals surface area contributed by atoms with Crippen molar-refractivity contribution in [1.29, 1.82) is 0 Å². The number of carbonyl (C=O) groups excluding carboxylic acids is 1. The Kier molecular flexibility index (Phi) is 6.60. The molecule has 2 aliphatic rings. The summed E-state index contributed by atoms with van der Waals surface area (Å²) in [6.07, 6.45) is 1.67. The lowest BCUT2D eigenvalue weighted by atomic mass is 10.2. The fourth-order valence-electron chi connectivity index (χ4n) is 3.96. The molecular weight excluding hydrogens is 474 g/mol. The van der Waals surface area contributed by atoms with Crippen molar-refractivity contribution in [2.45, 2.75) is 22.6 Å². The van der Waals surface area contributed by atoms with Crippen LogP contribution in [-0.4, -0.2) is 75.5 Å². The van der Waals surface area contributed by atoms with Gasteiger partial charge in [0.2, 0.25) is 20.0 Å². The van der Waals surface area contributed by atoms with Crippen molar-refractivity contribution >= 4 is 37.6 Å². The summed E-state index contributed by atoms with van der Waals surface area (Å²) in [7, 11) is -7.33. The Morgan fingerprint density at radius 2 is 1.25 bits per heavy atom. The summed E-state index contributed by atoms with van der Waals surface area (Å²) < 4.78 is 54.1. The summed E-state index contributed by atoms with van der Waals surface area (Å²) in [6, 6.07) is 12.1. The van der Waals surface area contributed by atoms with Crippen molar-refractivity contribution in [2.75, 3.05) is 39.3 Å². The largest absolute Gasteiger partial charge is 0.336 e. The number of sulfonamides is 2. The van der Waals surface area contributed by atoms with E-state index in [4.69, 9.17) is 11.6 Å². The van der Waals surface area contributed by atoms with E-state index in [2.05, 4.69) is 0 Å². The third kappa shape index (κ3) is 4.55.